The van der Waals surface area contributed by atoms with Crippen LogP contribution in [0.5, 0.6) is 0 Å². The molecule has 0 aromatic heterocycles. The Morgan fingerprint density at radius 1 is 0.273 bits per heavy atom. The molecule has 0 unspecified atom stereocenters. The van der Waals surface area contributed by atoms with Gasteiger partial charge in [0.15, 0.2) is 0 Å². The Morgan fingerprint density at radius 2 is 0.682 bits per heavy atom. The van der Waals surface area contributed by atoms with E-state index in [0.717, 1.165) is 28.2 Å². The second-order valence-electron chi connectivity index (χ2n) is 18.0. The van der Waals surface area contributed by atoms with Gasteiger partial charge in [-0.25, -0.2) is 0 Å². The van der Waals surface area contributed by atoms with Crippen molar-refractivity contribution in [3.63, 3.8) is 0 Å². The average molecular weight is 842 g/mol. The molecule has 1 aliphatic carbocycles. The van der Waals surface area contributed by atoms with Crippen molar-refractivity contribution in [2.24, 2.45) is 0 Å². The van der Waals surface area contributed by atoms with E-state index in [9.17, 15) is 0 Å². The Balaban J connectivity index is 1.07. The summed E-state index contributed by atoms with van der Waals surface area (Å²) in [5, 5.41) is 4.91. The van der Waals surface area contributed by atoms with E-state index in [1.165, 1.54) is 88.3 Å². The van der Waals surface area contributed by atoms with Crippen LogP contribution >= 0.6 is 0 Å². The van der Waals surface area contributed by atoms with E-state index < -0.39 is 0 Å². The van der Waals surface area contributed by atoms with Crippen LogP contribution in [0.3, 0.4) is 0 Å². The van der Waals surface area contributed by atoms with Gasteiger partial charge in [0.2, 0.25) is 0 Å². The Bertz CT molecular complexity index is 3420. The number of anilines is 3. The maximum atomic E-state index is 2.49. The highest BCUT2D eigenvalue weighted by atomic mass is 15.1. The van der Waals surface area contributed by atoms with Crippen molar-refractivity contribution in [2.45, 2.75) is 19.3 Å². The van der Waals surface area contributed by atoms with Crippen LogP contribution in [0.15, 0.2) is 249 Å². The standard InChI is InChI=1S/C65H47N/c1-65(2)59-34-12-9-27-53(59)54-42-39-49(43-60(54)65)44-37-40-50(41-38-44)66(61-35-13-10-28-55(61)57-32-17-25-47-23-15-30-51(63(47)57)45-19-5-3-6-20-45)62-36-14-11-29-56(62)58-33-18-26-48-24-16-31-52(64(48)58)46-21-7-4-8-22-46/h3-43H,1-2H3. The van der Waals surface area contributed by atoms with Gasteiger partial charge in [0.25, 0.3) is 0 Å². The summed E-state index contributed by atoms with van der Waals surface area (Å²) in [5.41, 5.74) is 20.7. The van der Waals surface area contributed by atoms with Gasteiger partial charge in [0.1, 0.15) is 0 Å². The first-order chi connectivity index (χ1) is 32.5. The average Bonchev–Trinajstić information content (AvgIpc) is 3.61. The number of fused-ring (bicyclic) bond motifs is 5. The summed E-state index contributed by atoms with van der Waals surface area (Å²) in [6.45, 7) is 4.71. The van der Waals surface area contributed by atoms with E-state index in [0.29, 0.717) is 0 Å². The molecule has 0 atom stereocenters. The second kappa shape index (κ2) is 16.1. The van der Waals surface area contributed by atoms with Crippen molar-refractivity contribution < 1.29 is 0 Å². The van der Waals surface area contributed by atoms with Gasteiger partial charge in [0.05, 0.1) is 11.4 Å². The predicted octanol–water partition coefficient (Wildman–Crippen LogP) is 18.1. The highest BCUT2D eigenvalue weighted by molar-refractivity contribution is 6.11. The molecular weight excluding hydrogens is 795 g/mol. The Morgan fingerprint density at radius 3 is 1.21 bits per heavy atom. The van der Waals surface area contributed by atoms with E-state index >= 15 is 0 Å². The lowest BCUT2D eigenvalue weighted by Gasteiger charge is -2.31. The molecule has 0 fully saturated rings. The van der Waals surface area contributed by atoms with Gasteiger partial charge in [-0.2, -0.15) is 0 Å². The molecule has 312 valence electrons. The summed E-state index contributed by atoms with van der Waals surface area (Å²) in [7, 11) is 0. The summed E-state index contributed by atoms with van der Waals surface area (Å²) >= 11 is 0. The minimum absolute atomic E-state index is 0.0733. The largest absolute Gasteiger partial charge is 0.309 e. The van der Waals surface area contributed by atoms with Crippen LogP contribution in [0, 0.1) is 0 Å². The fourth-order valence-electron chi connectivity index (χ4n) is 10.7. The van der Waals surface area contributed by atoms with E-state index in [4.69, 9.17) is 0 Å². The van der Waals surface area contributed by atoms with Crippen LogP contribution in [0.4, 0.5) is 17.1 Å². The molecule has 0 radical (unpaired) electrons. The van der Waals surface area contributed by atoms with Crippen LogP contribution in [-0.2, 0) is 5.41 Å². The summed E-state index contributed by atoms with van der Waals surface area (Å²) < 4.78 is 0. The van der Waals surface area contributed by atoms with E-state index in [2.05, 4.69) is 267 Å². The molecule has 1 nitrogen and oxygen atoms in total. The molecular formula is C65H47N. The Hall–Kier alpha value is -8.26. The molecule has 66 heavy (non-hydrogen) atoms. The monoisotopic (exact) mass is 841 g/mol. The topological polar surface area (TPSA) is 3.24 Å². The molecule has 0 heterocycles. The molecule has 0 N–H and O–H groups in total. The maximum Gasteiger partial charge on any atom is 0.0540 e. The lowest BCUT2D eigenvalue weighted by atomic mass is 9.81. The molecule has 0 spiro atoms. The number of rotatable bonds is 8. The lowest BCUT2D eigenvalue weighted by molar-refractivity contribution is 0.660. The Kier molecular flexibility index (Phi) is 9.58. The predicted molar refractivity (Wildman–Crippen MR) is 281 cm³/mol. The molecule has 11 aromatic carbocycles. The quantitative estimate of drug-likeness (QED) is 0.147. The third-order valence-corrected chi connectivity index (χ3v) is 13.9. The van der Waals surface area contributed by atoms with E-state index in [1.807, 2.05) is 0 Å². The summed E-state index contributed by atoms with van der Waals surface area (Å²) in [6, 6.07) is 91.5. The van der Waals surface area contributed by atoms with Crippen LogP contribution in [0.2, 0.25) is 0 Å². The molecule has 0 aliphatic heterocycles. The number of hydrogen-bond acceptors (Lipinski definition) is 1. The van der Waals surface area contributed by atoms with Gasteiger partial charge in [-0.05, 0) is 119 Å². The normalized spacial score (nSPS) is 12.5. The van der Waals surface area contributed by atoms with Crippen molar-refractivity contribution in [2.75, 3.05) is 4.90 Å². The van der Waals surface area contributed by atoms with Crippen LogP contribution in [0.1, 0.15) is 25.0 Å². The zero-order chi connectivity index (χ0) is 44.2. The summed E-state index contributed by atoms with van der Waals surface area (Å²) in [5.74, 6) is 0. The van der Waals surface area contributed by atoms with E-state index in [-0.39, 0.29) is 5.41 Å². The van der Waals surface area contributed by atoms with Gasteiger partial charge in [-0.3, -0.25) is 0 Å². The number of benzene rings is 11. The zero-order valence-electron chi connectivity index (χ0n) is 37.1. The lowest BCUT2D eigenvalue weighted by Crippen LogP contribution is -2.14. The van der Waals surface area contributed by atoms with Crippen LogP contribution in [-0.4, -0.2) is 0 Å². The van der Waals surface area contributed by atoms with Crippen molar-refractivity contribution in [1.29, 1.82) is 0 Å². The van der Waals surface area contributed by atoms with Gasteiger partial charge in [-0.1, -0.05) is 232 Å². The molecule has 1 aliphatic rings. The zero-order valence-corrected chi connectivity index (χ0v) is 37.1. The van der Waals surface area contributed by atoms with Crippen molar-refractivity contribution >= 4 is 38.6 Å². The highest BCUT2D eigenvalue weighted by Gasteiger charge is 2.35. The van der Waals surface area contributed by atoms with Crippen molar-refractivity contribution in [1.82, 2.24) is 0 Å². The Labute approximate surface area is 387 Å². The molecule has 1 heteroatoms. The number of para-hydroxylation sites is 2. The number of nitrogens with zero attached hydrogens (tertiary/aromatic N) is 1. The molecule has 0 saturated carbocycles. The minimum Gasteiger partial charge on any atom is -0.309 e. The maximum absolute atomic E-state index is 2.49. The van der Waals surface area contributed by atoms with Crippen LogP contribution in [0.25, 0.3) is 88.3 Å². The first-order valence-electron chi connectivity index (χ1n) is 23.0. The van der Waals surface area contributed by atoms with Crippen LogP contribution < -0.4 is 4.90 Å². The van der Waals surface area contributed by atoms with Gasteiger partial charge in [-0.15, -0.1) is 0 Å². The fourth-order valence-corrected chi connectivity index (χ4v) is 10.7. The third kappa shape index (κ3) is 6.55. The third-order valence-electron chi connectivity index (χ3n) is 13.9. The molecule has 0 amide bonds. The van der Waals surface area contributed by atoms with Crippen molar-refractivity contribution in [3.8, 4) is 66.8 Å². The molecule has 11 aromatic rings. The van der Waals surface area contributed by atoms with Gasteiger partial charge in [0, 0.05) is 22.2 Å². The first-order valence-corrected chi connectivity index (χ1v) is 23.0. The fraction of sp³-hybridized carbons (Fsp3) is 0.0462. The number of hydrogen-bond donors (Lipinski definition) is 0. The molecule has 0 saturated heterocycles. The first kappa shape index (κ1) is 39.3. The summed E-state index contributed by atoms with van der Waals surface area (Å²) in [4.78, 5) is 2.49. The van der Waals surface area contributed by atoms with Gasteiger partial charge >= 0.3 is 0 Å². The van der Waals surface area contributed by atoms with Crippen molar-refractivity contribution in [3.05, 3.63) is 260 Å². The minimum atomic E-state index is -0.0733. The molecule has 12 rings (SSSR count). The molecule has 0 bridgehead atoms. The van der Waals surface area contributed by atoms with E-state index in [1.54, 1.807) is 0 Å². The SMILES string of the molecule is CC1(C)c2ccccc2-c2ccc(-c3ccc(N(c4ccccc4-c4cccc5cccc(-c6ccccc6)c45)c4ccccc4-c4cccc5cccc(-c6ccccc6)c45)cc3)cc21. The van der Waals surface area contributed by atoms with Gasteiger partial charge < -0.3 is 4.90 Å². The smallest absolute Gasteiger partial charge is 0.0540 e. The highest BCUT2D eigenvalue weighted by Crippen LogP contribution is 2.51. The second-order valence-corrected chi connectivity index (χ2v) is 18.0. The summed E-state index contributed by atoms with van der Waals surface area (Å²) in [6.07, 6.45) is 0.